The maximum atomic E-state index is 13.0. The average Bonchev–Trinajstić information content (AvgIpc) is 2.55. The number of hydrogen-bond donors (Lipinski definition) is 3. The Labute approximate surface area is 92.9 Å². The molecule has 6 heteroatoms. The minimum absolute atomic E-state index is 0.0593. The number of carbonyl (C=O) groups is 2. The van der Waals surface area contributed by atoms with Gasteiger partial charge in [-0.25, -0.2) is 9.18 Å². The summed E-state index contributed by atoms with van der Waals surface area (Å²) >= 11 is 0. The zero-order valence-corrected chi connectivity index (χ0v) is 8.96. The summed E-state index contributed by atoms with van der Waals surface area (Å²) in [5.41, 5.74) is 4.60. The Morgan fingerprint density at radius 3 is 2.38 bits per heavy atom. The molecule has 1 saturated heterocycles. The predicted molar refractivity (Wildman–Crippen MR) is 55.3 cm³/mol. The van der Waals surface area contributed by atoms with Crippen molar-refractivity contribution in [1.82, 2.24) is 10.6 Å². The van der Waals surface area contributed by atoms with Gasteiger partial charge in [-0.3, -0.25) is 10.1 Å². The van der Waals surface area contributed by atoms with Gasteiger partial charge in [-0.15, -0.1) is 0 Å². The number of rotatable bonds is 2. The monoisotopic (exact) mass is 229 g/mol. The van der Waals surface area contributed by atoms with E-state index in [4.69, 9.17) is 5.73 Å². The van der Waals surface area contributed by atoms with E-state index in [0.29, 0.717) is 25.7 Å². The summed E-state index contributed by atoms with van der Waals surface area (Å²) in [5, 5.41) is 4.81. The first-order valence-corrected chi connectivity index (χ1v) is 5.56. The molecule has 5 nitrogen and oxygen atoms in total. The van der Waals surface area contributed by atoms with Crippen LogP contribution in [0.3, 0.4) is 0 Å². The third-order valence-corrected chi connectivity index (χ3v) is 3.64. The summed E-state index contributed by atoms with van der Waals surface area (Å²) in [5.74, 6) is -0.432. The highest BCUT2D eigenvalue weighted by atomic mass is 19.1. The lowest BCUT2D eigenvalue weighted by Gasteiger charge is -2.36. The largest absolute Gasteiger partial charge is 0.328 e. The van der Waals surface area contributed by atoms with E-state index in [0.717, 1.165) is 0 Å². The Morgan fingerprint density at radius 2 is 1.94 bits per heavy atom. The Morgan fingerprint density at radius 1 is 1.31 bits per heavy atom. The van der Waals surface area contributed by atoms with Gasteiger partial charge in [-0.05, 0) is 31.6 Å². The fourth-order valence-electron chi connectivity index (χ4n) is 2.65. The van der Waals surface area contributed by atoms with Crippen LogP contribution in [0.15, 0.2) is 0 Å². The minimum Gasteiger partial charge on any atom is -0.328 e. The van der Waals surface area contributed by atoms with Crippen molar-refractivity contribution in [3.63, 3.8) is 0 Å². The number of nitrogens with two attached hydrogens (primary N) is 1. The second-order valence-corrected chi connectivity index (χ2v) is 4.53. The highest BCUT2D eigenvalue weighted by molar-refractivity contribution is 6.07. The number of carbonyl (C=O) groups excluding carboxylic acids is 2. The van der Waals surface area contributed by atoms with E-state index >= 15 is 0 Å². The van der Waals surface area contributed by atoms with Crippen molar-refractivity contribution in [2.75, 3.05) is 6.54 Å². The Balaban J connectivity index is 2.15. The lowest BCUT2D eigenvalue weighted by Crippen LogP contribution is -2.59. The normalized spacial score (nSPS) is 39.4. The molecule has 4 N–H and O–H groups in total. The molecule has 1 saturated carbocycles. The molecule has 2 rings (SSSR count). The van der Waals surface area contributed by atoms with Crippen LogP contribution < -0.4 is 16.4 Å². The molecule has 1 heterocycles. The zero-order valence-electron chi connectivity index (χ0n) is 8.96. The van der Waals surface area contributed by atoms with Gasteiger partial charge in [0.25, 0.3) is 5.91 Å². The van der Waals surface area contributed by atoms with Gasteiger partial charge in [0.15, 0.2) is 0 Å². The van der Waals surface area contributed by atoms with Crippen LogP contribution in [-0.2, 0) is 4.79 Å². The van der Waals surface area contributed by atoms with Gasteiger partial charge < -0.3 is 11.1 Å². The Bertz CT molecular complexity index is 315. The van der Waals surface area contributed by atoms with Crippen LogP contribution in [0, 0.1) is 5.92 Å². The minimum atomic E-state index is -1.02. The molecule has 0 bridgehead atoms. The van der Waals surface area contributed by atoms with Crippen molar-refractivity contribution in [2.45, 2.75) is 37.4 Å². The van der Waals surface area contributed by atoms with Crippen molar-refractivity contribution < 1.29 is 14.0 Å². The molecule has 2 aliphatic rings. The van der Waals surface area contributed by atoms with E-state index in [1.54, 1.807) is 0 Å². The van der Waals surface area contributed by atoms with Crippen molar-refractivity contribution in [2.24, 2.45) is 11.7 Å². The molecule has 0 aromatic carbocycles. The van der Waals surface area contributed by atoms with Crippen LogP contribution >= 0.6 is 0 Å². The van der Waals surface area contributed by atoms with Crippen LogP contribution in [-0.4, -0.2) is 30.2 Å². The van der Waals surface area contributed by atoms with Crippen molar-refractivity contribution in [3.05, 3.63) is 0 Å². The molecular weight excluding hydrogens is 213 g/mol. The first-order valence-electron chi connectivity index (χ1n) is 5.56. The van der Waals surface area contributed by atoms with E-state index in [9.17, 15) is 14.0 Å². The lowest BCUT2D eigenvalue weighted by molar-refractivity contribution is -0.126. The van der Waals surface area contributed by atoms with Crippen LogP contribution in [0.5, 0.6) is 0 Å². The molecule has 0 aromatic heterocycles. The van der Waals surface area contributed by atoms with Crippen LogP contribution in [0.25, 0.3) is 0 Å². The molecule has 1 aliphatic heterocycles. The van der Waals surface area contributed by atoms with Crippen molar-refractivity contribution in [3.8, 4) is 0 Å². The molecular formula is C10H16FN3O2. The number of imide groups is 1. The number of amides is 3. The second kappa shape index (κ2) is 4.01. The van der Waals surface area contributed by atoms with E-state index in [1.807, 2.05) is 0 Å². The summed E-state index contributed by atoms with van der Waals surface area (Å²) in [6, 6.07) is -0.502. The Hall–Kier alpha value is -1.17. The summed E-state index contributed by atoms with van der Waals surface area (Å²) in [4.78, 5) is 22.9. The predicted octanol–water partition coefficient (Wildman–Crippen LogP) is 0.0516. The Kier molecular flexibility index (Phi) is 2.84. The highest BCUT2D eigenvalue weighted by Gasteiger charge is 2.51. The lowest BCUT2D eigenvalue weighted by atomic mass is 9.74. The molecule has 1 aliphatic carbocycles. The summed E-state index contributed by atoms with van der Waals surface area (Å²) in [7, 11) is 0. The van der Waals surface area contributed by atoms with E-state index < -0.39 is 17.7 Å². The SMILES string of the molecule is NCC1(C2CCC(F)CC2)NC(=O)NC1=O. The maximum absolute atomic E-state index is 13.0. The van der Waals surface area contributed by atoms with Gasteiger partial charge in [0.05, 0.1) is 0 Å². The van der Waals surface area contributed by atoms with E-state index in [2.05, 4.69) is 10.6 Å². The first kappa shape index (κ1) is 11.3. The van der Waals surface area contributed by atoms with E-state index in [-0.39, 0.29) is 18.4 Å². The van der Waals surface area contributed by atoms with Gasteiger partial charge in [-0.1, -0.05) is 0 Å². The number of halogens is 1. The topological polar surface area (TPSA) is 84.2 Å². The molecule has 1 atom stereocenters. The maximum Gasteiger partial charge on any atom is 0.322 e. The van der Waals surface area contributed by atoms with Crippen LogP contribution in [0.2, 0.25) is 0 Å². The van der Waals surface area contributed by atoms with Gasteiger partial charge in [0.1, 0.15) is 11.7 Å². The van der Waals surface area contributed by atoms with Crippen LogP contribution in [0.4, 0.5) is 9.18 Å². The number of nitrogens with one attached hydrogen (secondary N) is 2. The molecule has 2 fully saturated rings. The van der Waals surface area contributed by atoms with E-state index in [1.165, 1.54) is 0 Å². The molecule has 0 spiro atoms. The fraction of sp³-hybridized carbons (Fsp3) is 0.800. The first-order chi connectivity index (χ1) is 7.58. The molecule has 16 heavy (non-hydrogen) atoms. The molecule has 0 radical (unpaired) electrons. The number of urea groups is 1. The third kappa shape index (κ3) is 1.67. The molecule has 1 unspecified atom stereocenters. The standard InChI is InChI=1S/C10H16FN3O2/c11-7-3-1-6(2-4-7)10(5-12)8(15)13-9(16)14-10/h6-7H,1-5,12H2,(H2,13,14,15,16). The summed E-state index contributed by atoms with van der Waals surface area (Å²) in [6.07, 6.45) is 1.27. The molecule has 0 aromatic rings. The smallest absolute Gasteiger partial charge is 0.322 e. The number of hydrogen-bond acceptors (Lipinski definition) is 3. The van der Waals surface area contributed by atoms with Gasteiger partial charge in [-0.2, -0.15) is 0 Å². The molecule has 90 valence electrons. The van der Waals surface area contributed by atoms with Gasteiger partial charge in [0, 0.05) is 6.54 Å². The summed E-state index contributed by atoms with van der Waals surface area (Å²) in [6.45, 7) is 0.0617. The molecule has 3 amide bonds. The van der Waals surface area contributed by atoms with Crippen molar-refractivity contribution in [1.29, 1.82) is 0 Å². The van der Waals surface area contributed by atoms with Gasteiger partial charge >= 0.3 is 6.03 Å². The summed E-state index contributed by atoms with van der Waals surface area (Å²) < 4.78 is 13.0. The van der Waals surface area contributed by atoms with Crippen LogP contribution in [0.1, 0.15) is 25.7 Å². The zero-order chi connectivity index (χ0) is 11.8. The third-order valence-electron chi connectivity index (χ3n) is 3.64. The average molecular weight is 229 g/mol. The van der Waals surface area contributed by atoms with Crippen molar-refractivity contribution >= 4 is 11.9 Å². The second-order valence-electron chi connectivity index (χ2n) is 4.53. The van der Waals surface area contributed by atoms with Gasteiger partial charge in [0.2, 0.25) is 0 Å². The fourth-order valence-corrected chi connectivity index (χ4v) is 2.65. The number of alkyl halides is 1. The quantitative estimate of drug-likeness (QED) is 0.585. The highest BCUT2D eigenvalue weighted by Crippen LogP contribution is 2.35.